The third-order valence-electron chi connectivity index (χ3n) is 2.05. The van der Waals surface area contributed by atoms with Gasteiger partial charge in [-0.25, -0.2) is 0 Å². The van der Waals surface area contributed by atoms with E-state index in [0.717, 1.165) is 17.7 Å². The molecule has 1 nitrogen and oxygen atoms in total. The Morgan fingerprint density at radius 3 is 2.43 bits per heavy atom. The number of hydrogen-bond acceptors (Lipinski definition) is 1. The first-order valence-corrected chi connectivity index (χ1v) is 6.46. The number of hydrogen-bond donors (Lipinski definition) is 0. The predicted octanol–water partition coefficient (Wildman–Crippen LogP) is 3.29. The molecular weight excluding hydrogens is 192 g/mol. The number of benzene rings is 1. The quantitative estimate of drug-likeness (QED) is 0.732. The molecule has 0 amide bonds. The van der Waals surface area contributed by atoms with Gasteiger partial charge in [-0.1, -0.05) is 26.0 Å². The highest BCUT2D eigenvalue weighted by Crippen LogP contribution is 2.30. The van der Waals surface area contributed by atoms with E-state index < -0.39 is 10.8 Å². The molecule has 14 heavy (non-hydrogen) atoms. The lowest BCUT2D eigenvalue weighted by atomic mass is 10.2. The van der Waals surface area contributed by atoms with E-state index in [0.29, 0.717) is 5.25 Å². The maximum Gasteiger partial charge on any atom is 0.0560 e. The van der Waals surface area contributed by atoms with Gasteiger partial charge in [0.25, 0.3) is 0 Å². The van der Waals surface area contributed by atoms with Gasteiger partial charge in [0.05, 0.1) is 10.8 Å². The van der Waals surface area contributed by atoms with Gasteiger partial charge in [0.1, 0.15) is 0 Å². The van der Waals surface area contributed by atoms with E-state index in [1.165, 1.54) is 5.56 Å². The van der Waals surface area contributed by atoms with Crippen molar-refractivity contribution in [2.45, 2.75) is 43.8 Å². The van der Waals surface area contributed by atoms with Gasteiger partial charge in [-0.05, 0) is 37.5 Å². The molecule has 1 aliphatic carbocycles. The molecule has 2 heteroatoms. The third-order valence-corrected chi connectivity index (χ3v) is 3.84. The molecule has 1 atom stereocenters. The van der Waals surface area contributed by atoms with Crippen molar-refractivity contribution in [1.29, 1.82) is 0 Å². The molecule has 1 saturated carbocycles. The van der Waals surface area contributed by atoms with Crippen LogP contribution in [0.5, 0.6) is 0 Å². The Balaban J connectivity index is 0.000000461. The Kier molecular flexibility index (Phi) is 4.33. The van der Waals surface area contributed by atoms with E-state index in [2.05, 4.69) is 0 Å². The molecule has 78 valence electrons. The molecule has 0 heterocycles. The summed E-state index contributed by atoms with van der Waals surface area (Å²) >= 11 is 0. The first kappa shape index (κ1) is 11.4. The van der Waals surface area contributed by atoms with Crippen molar-refractivity contribution < 1.29 is 4.21 Å². The highest BCUT2D eigenvalue weighted by atomic mass is 32.2. The first-order valence-electron chi connectivity index (χ1n) is 5.24. The minimum atomic E-state index is -0.734. The SMILES string of the molecule is CC.Cc1cccc(S(=O)C2CC2)c1. The standard InChI is InChI=1S/C10H12OS.C2H6/c1-8-3-2-4-10(7-8)12(11)9-5-6-9;1-2/h2-4,7,9H,5-6H2,1H3;1-2H3. The lowest BCUT2D eigenvalue weighted by Crippen LogP contribution is -1.97. The molecule has 0 aromatic heterocycles. The monoisotopic (exact) mass is 210 g/mol. The summed E-state index contributed by atoms with van der Waals surface area (Å²) in [4.78, 5) is 0.998. The van der Waals surface area contributed by atoms with Gasteiger partial charge in [-0.15, -0.1) is 0 Å². The summed E-state index contributed by atoms with van der Waals surface area (Å²) < 4.78 is 11.7. The normalized spacial score (nSPS) is 16.8. The highest BCUT2D eigenvalue weighted by Gasteiger charge is 2.29. The van der Waals surface area contributed by atoms with Crippen LogP contribution in [0.1, 0.15) is 32.3 Å². The van der Waals surface area contributed by atoms with Crippen LogP contribution >= 0.6 is 0 Å². The molecular formula is C12H18OS. The predicted molar refractivity (Wildman–Crippen MR) is 62.0 cm³/mol. The van der Waals surface area contributed by atoms with Crippen LogP contribution in [0.15, 0.2) is 29.2 Å². The van der Waals surface area contributed by atoms with Gasteiger partial charge >= 0.3 is 0 Å². The van der Waals surface area contributed by atoms with Gasteiger partial charge in [0.15, 0.2) is 0 Å². The van der Waals surface area contributed by atoms with Crippen LogP contribution in [0.3, 0.4) is 0 Å². The Morgan fingerprint density at radius 2 is 1.93 bits per heavy atom. The molecule has 0 bridgehead atoms. The van der Waals surface area contributed by atoms with Gasteiger partial charge in [0, 0.05) is 10.1 Å². The maximum absolute atomic E-state index is 11.7. The Hall–Kier alpha value is -0.630. The minimum Gasteiger partial charge on any atom is -0.254 e. The zero-order valence-electron chi connectivity index (χ0n) is 9.12. The fourth-order valence-electron chi connectivity index (χ4n) is 1.22. The summed E-state index contributed by atoms with van der Waals surface area (Å²) in [5, 5.41) is 0.451. The van der Waals surface area contributed by atoms with Crippen LogP contribution < -0.4 is 0 Å². The number of aryl methyl sites for hydroxylation is 1. The molecule has 1 fully saturated rings. The molecule has 2 rings (SSSR count). The van der Waals surface area contributed by atoms with E-state index in [1.807, 2.05) is 45.0 Å². The van der Waals surface area contributed by atoms with Crippen molar-refractivity contribution in [3.05, 3.63) is 29.8 Å². The van der Waals surface area contributed by atoms with Crippen molar-refractivity contribution in [3.8, 4) is 0 Å². The van der Waals surface area contributed by atoms with Gasteiger partial charge in [0.2, 0.25) is 0 Å². The van der Waals surface area contributed by atoms with Crippen LogP contribution in [0.25, 0.3) is 0 Å². The second-order valence-corrected chi connectivity index (χ2v) is 5.05. The van der Waals surface area contributed by atoms with Crippen LogP contribution in [-0.4, -0.2) is 9.46 Å². The molecule has 0 radical (unpaired) electrons. The lowest BCUT2D eigenvalue weighted by molar-refractivity contribution is 0.682. The Bertz CT molecular complexity index is 316. The first-order chi connectivity index (χ1) is 6.77. The van der Waals surface area contributed by atoms with Gasteiger partial charge in [-0.2, -0.15) is 0 Å². The molecule has 0 N–H and O–H groups in total. The second-order valence-electron chi connectivity index (χ2n) is 3.31. The summed E-state index contributed by atoms with van der Waals surface area (Å²) in [5.41, 5.74) is 1.20. The van der Waals surface area contributed by atoms with E-state index in [-0.39, 0.29) is 0 Å². The third kappa shape index (κ3) is 2.95. The molecule has 1 aromatic rings. The molecule has 0 aliphatic heterocycles. The molecule has 1 unspecified atom stereocenters. The van der Waals surface area contributed by atoms with Crippen LogP contribution in [0, 0.1) is 6.92 Å². The molecule has 1 aliphatic rings. The highest BCUT2D eigenvalue weighted by molar-refractivity contribution is 7.86. The van der Waals surface area contributed by atoms with E-state index in [9.17, 15) is 4.21 Å². The van der Waals surface area contributed by atoms with E-state index in [4.69, 9.17) is 0 Å². The molecule has 1 aromatic carbocycles. The minimum absolute atomic E-state index is 0.451. The van der Waals surface area contributed by atoms with Gasteiger partial charge < -0.3 is 0 Å². The van der Waals surface area contributed by atoms with Crippen LogP contribution in [-0.2, 0) is 10.8 Å². The van der Waals surface area contributed by atoms with Crippen molar-refractivity contribution in [2.24, 2.45) is 0 Å². The summed E-state index contributed by atoms with van der Waals surface area (Å²) in [6.45, 7) is 6.04. The molecule has 0 spiro atoms. The number of rotatable bonds is 2. The Labute approximate surface area is 89.0 Å². The summed E-state index contributed by atoms with van der Waals surface area (Å²) in [7, 11) is -0.734. The fraction of sp³-hybridized carbons (Fsp3) is 0.500. The fourth-order valence-corrected chi connectivity index (χ4v) is 2.68. The summed E-state index contributed by atoms with van der Waals surface area (Å²) in [6, 6.07) is 7.99. The van der Waals surface area contributed by atoms with E-state index >= 15 is 0 Å². The average molecular weight is 210 g/mol. The zero-order valence-corrected chi connectivity index (χ0v) is 9.93. The average Bonchev–Trinajstić information content (AvgIpc) is 3.03. The van der Waals surface area contributed by atoms with Crippen molar-refractivity contribution in [3.63, 3.8) is 0 Å². The topological polar surface area (TPSA) is 17.1 Å². The molecule has 0 saturated heterocycles. The van der Waals surface area contributed by atoms with Gasteiger partial charge in [-0.3, -0.25) is 4.21 Å². The van der Waals surface area contributed by atoms with Crippen LogP contribution in [0.4, 0.5) is 0 Å². The Morgan fingerprint density at radius 1 is 1.29 bits per heavy atom. The largest absolute Gasteiger partial charge is 0.254 e. The maximum atomic E-state index is 11.7. The van der Waals surface area contributed by atoms with Crippen molar-refractivity contribution in [1.82, 2.24) is 0 Å². The van der Waals surface area contributed by atoms with Crippen molar-refractivity contribution >= 4 is 10.8 Å². The second kappa shape index (κ2) is 5.30. The summed E-state index contributed by atoms with van der Waals surface area (Å²) in [6.07, 6.45) is 2.28. The zero-order chi connectivity index (χ0) is 10.6. The lowest BCUT2D eigenvalue weighted by Gasteiger charge is -2.00. The summed E-state index contributed by atoms with van der Waals surface area (Å²) in [5.74, 6) is 0. The van der Waals surface area contributed by atoms with Crippen LogP contribution in [0.2, 0.25) is 0 Å². The smallest absolute Gasteiger partial charge is 0.0560 e. The van der Waals surface area contributed by atoms with Crippen molar-refractivity contribution in [2.75, 3.05) is 0 Å². The van der Waals surface area contributed by atoms with E-state index in [1.54, 1.807) is 0 Å².